The van der Waals surface area contributed by atoms with Crippen molar-refractivity contribution in [2.75, 3.05) is 0 Å². The highest BCUT2D eigenvalue weighted by Crippen LogP contribution is 2.22. The topological polar surface area (TPSA) is 102 Å². The van der Waals surface area contributed by atoms with Crippen LogP contribution in [0.15, 0.2) is 64.5 Å². The Morgan fingerprint density at radius 3 is 2.67 bits per heavy atom. The summed E-state index contributed by atoms with van der Waals surface area (Å²) in [5.74, 6) is 0.863. The molecular weight excluding hydrogens is 362 g/mol. The number of aromatic nitrogens is 6. The third-order valence-corrected chi connectivity index (χ3v) is 4.86. The van der Waals surface area contributed by atoms with Crippen molar-refractivity contribution >= 4 is 22.7 Å². The molecule has 0 amide bonds. The Balaban J connectivity index is 1.69. The van der Waals surface area contributed by atoms with Crippen molar-refractivity contribution in [1.82, 2.24) is 29.8 Å². The van der Waals surface area contributed by atoms with Crippen LogP contribution in [0.5, 0.6) is 0 Å². The number of para-hydroxylation sites is 2. The van der Waals surface area contributed by atoms with E-state index >= 15 is 0 Å². The predicted molar refractivity (Wildman–Crippen MR) is 100 cm³/mol. The highest BCUT2D eigenvalue weighted by molar-refractivity contribution is 7.98. The van der Waals surface area contributed by atoms with E-state index in [4.69, 9.17) is 5.26 Å². The number of nitriles is 1. The molecule has 4 aromatic rings. The second-order valence-corrected chi connectivity index (χ2v) is 6.53. The number of benzene rings is 2. The molecular formula is C18H13N7OS. The van der Waals surface area contributed by atoms with Crippen molar-refractivity contribution in [2.45, 2.75) is 17.5 Å². The maximum atomic E-state index is 12.7. The predicted octanol–water partition coefficient (Wildman–Crippen LogP) is 2.19. The molecule has 0 fully saturated rings. The van der Waals surface area contributed by atoms with Crippen molar-refractivity contribution in [2.24, 2.45) is 0 Å². The van der Waals surface area contributed by atoms with Crippen LogP contribution in [0.4, 0.5) is 0 Å². The summed E-state index contributed by atoms with van der Waals surface area (Å²) in [4.78, 5) is 17.3. The summed E-state index contributed by atoms with van der Waals surface area (Å²) in [6, 6.07) is 18.7. The molecule has 0 bridgehead atoms. The summed E-state index contributed by atoms with van der Waals surface area (Å²) in [6.45, 7) is -0.0593. The number of hydrogen-bond acceptors (Lipinski definition) is 7. The smallest absolute Gasteiger partial charge is 0.262 e. The van der Waals surface area contributed by atoms with Crippen LogP contribution in [0.3, 0.4) is 0 Å². The van der Waals surface area contributed by atoms with Gasteiger partial charge in [-0.1, -0.05) is 42.1 Å². The molecule has 2 aromatic carbocycles. The van der Waals surface area contributed by atoms with Crippen molar-refractivity contribution in [3.8, 4) is 11.8 Å². The molecule has 0 saturated carbocycles. The fourth-order valence-electron chi connectivity index (χ4n) is 2.69. The average molecular weight is 375 g/mol. The van der Waals surface area contributed by atoms with Crippen LogP contribution in [0.1, 0.15) is 5.82 Å². The fraction of sp³-hybridized carbons (Fsp3) is 0.111. The minimum Gasteiger partial charge on any atom is -0.281 e. The second-order valence-electron chi connectivity index (χ2n) is 5.59. The van der Waals surface area contributed by atoms with E-state index in [1.807, 2.05) is 42.5 Å². The van der Waals surface area contributed by atoms with Gasteiger partial charge in [0, 0.05) is 0 Å². The van der Waals surface area contributed by atoms with E-state index in [1.165, 1.54) is 16.3 Å². The van der Waals surface area contributed by atoms with Crippen molar-refractivity contribution in [1.29, 1.82) is 5.26 Å². The first-order valence-corrected chi connectivity index (χ1v) is 9.08. The number of thioether (sulfide) groups is 1. The van der Waals surface area contributed by atoms with Crippen LogP contribution in [0, 0.1) is 11.3 Å². The van der Waals surface area contributed by atoms with Gasteiger partial charge in [-0.3, -0.25) is 9.36 Å². The van der Waals surface area contributed by atoms with Gasteiger partial charge < -0.3 is 0 Å². The Kier molecular flexibility index (Phi) is 4.63. The maximum Gasteiger partial charge on any atom is 0.262 e. The standard InChI is InChI=1S/C18H13N7OS/c19-10-11-24-16(20-15-9-5-4-8-14(15)17(24)26)12-27-18-21-22-23-25(18)13-6-2-1-3-7-13/h1-9H,11-12H2. The van der Waals surface area contributed by atoms with Crippen molar-refractivity contribution in [3.63, 3.8) is 0 Å². The number of rotatable bonds is 5. The molecule has 0 aliphatic heterocycles. The average Bonchev–Trinajstić information content (AvgIpc) is 3.18. The zero-order chi connectivity index (χ0) is 18.6. The SMILES string of the molecule is N#CCn1c(CSc2nnnn2-c2ccccc2)nc2ccccc2c1=O. The Morgan fingerprint density at radius 2 is 1.85 bits per heavy atom. The van der Waals surface area contributed by atoms with Gasteiger partial charge in [0.2, 0.25) is 5.16 Å². The van der Waals surface area contributed by atoms with E-state index in [0.29, 0.717) is 27.6 Å². The lowest BCUT2D eigenvalue weighted by atomic mass is 10.2. The largest absolute Gasteiger partial charge is 0.281 e. The molecule has 8 nitrogen and oxygen atoms in total. The quantitative estimate of drug-likeness (QED) is 0.493. The number of nitrogens with zero attached hydrogens (tertiary/aromatic N) is 7. The number of fused-ring (bicyclic) bond motifs is 1. The molecule has 4 rings (SSSR count). The zero-order valence-corrected chi connectivity index (χ0v) is 14.9. The first-order valence-electron chi connectivity index (χ1n) is 8.10. The molecule has 0 aliphatic rings. The van der Waals surface area contributed by atoms with Crippen LogP contribution in [-0.2, 0) is 12.3 Å². The first-order chi connectivity index (χ1) is 13.3. The summed E-state index contributed by atoms with van der Waals surface area (Å²) < 4.78 is 3.02. The molecule has 27 heavy (non-hydrogen) atoms. The van der Waals surface area contributed by atoms with Crippen LogP contribution in [0.2, 0.25) is 0 Å². The normalized spacial score (nSPS) is 10.8. The molecule has 0 saturated heterocycles. The van der Waals surface area contributed by atoms with Crippen LogP contribution < -0.4 is 5.56 Å². The van der Waals surface area contributed by atoms with Gasteiger partial charge in [-0.05, 0) is 34.7 Å². The Morgan fingerprint density at radius 1 is 1.07 bits per heavy atom. The number of hydrogen-bond donors (Lipinski definition) is 0. The molecule has 2 aromatic heterocycles. The van der Waals surface area contributed by atoms with Gasteiger partial charge in [-0.2, -0.15) is 9.94 Å². The summed E-state index contributed by atoms with van der Waals surface area (Å²) in [6.07, 6.45) is 0. The lowest BCUT2D eigenvalue weighted by Gasteiger charge is -2.10. The minimum atomic E-state index is -0.222. The molecule has 0 N–H and O–H groups in total. The Bertz CT molecular complexity index is 1190. The molecule has 132 valence electrons. The third kappa shape index (κ3) is 3.30. The summed E-state index contributed by atoms with van der Waals surface area (Å²) >= 11 is 1.35. The van der Waals surface area contributed by atoms with Crippen molar-refractivity contribution < 1.29 is 0 Å². The van der Waals surface area contributed by atoms with Gasteiger partial charge in [-0.15, -0.1) is 5.10 Å². The van der Waals surface area contributed by atoms with E-state index in [-0.39, 0.29) is 12.1 Å². The summed E-state index contributed by atoms with van der Waals surface area (Å²) in [5, 5.41) is 22.0. The Labute approximate surface area is 158 Å². The van der Waals surface area contributed by atoms with E-state index < -0.39 is 0 Å². The van der Waals surface area contributed by atoms with Gasteiger partial charge in [0.15, 0.2) is 0 Å². The molecule has 9 heteroatoms. The lowest BCUT2D eigenvalue weighted by Crippen LogP contribution is -2.24. The highest BCUT2D eigenvalue weighted by Gasteiger charge is 2.14. The number of tetrazole rings is 1. The van der Waals surface area contributed by atoms with Crippen LogP contribution >= 0.6 is 11.8 Å². The molecule has 2 heterocycles. The maximum absolute atomic E-state index is 12.7. The van der Waals surface area contributed by atoms with E-state index in [0.717, 1.165) is 5.69 Å². The third-order valence-electron chi connectivity index (χ3n) is 3.94. The molecule has 0 aliphatic carbocycles. The second kappa shape index (κ2) is 7.39. The highest BCUT2D eigenvalue weighted by atomic mass is 32.2. The van der Waals surface area contributed by atoms with Gasteiger partial charge >= 0.3 is 0 Å². The molecule has 0 unspecified atom stereocenters. The first kappa shape index (κ1) is 16.9. The van der Waals surface area contributed by atoms with Crippen molar-refractivity contribution in [3.05, 3.63) is 70.8 Å². The van der Waals surface area contributed by atoms with Gasteiger partial charge in [-0.25, -0.2) is 4.98 Å². The minimum absolute atomic E-state index is 0.0593. The summed E-state index contributed by atoms with van der Waals surface area (Å²) in [5.41, 5.74) is 1.22. The van der Waals surface area contributed by atoms with Crippen LogP contribution in [0.25, 0.3) is 16.6 Å². The Hall–Kier alpha value is -3.51. The zero-order valence-electron chi connectivity index (χ0n) is 14.1. The van der Waals surface area contributed by atoms with Gasteiger partial charge in [0.1, 0.15) is 12.4 Å². The van der Waals surface area contributed by atoms with Crippen LogP contribution in [-0.4, -0.2) is 29.8 Å². The monoisotopic (exact) mass is 375 g/mol. The van der Waals surface area contributed by atoms with E-state index in [2.05, 4.69) is 20.5 Å². The van der Waals surface area contributed by atoms with E-state index in [9.17, 15) is 4.79 Å². The molecule has 0 radical (unpaired) electrons. The molecule has 0 atom stereocenters. The molecule has 0 spiro atoms. The van der Waals surface area contributed by atoms with Gasteiger partial charge in [0.25, 0.3) is 5.56 Å². The summed E-state index contributed by atoms with van der Waals surface area (Å²) in [7, 11) is 0. The van der Waals surface area contributed by atoms with Gasteiger partial charge in [0.05, 0.1) is 28.4 Å². The fourth-order valence-corrected chi connectivity index (χ4v) is 3.52. The lowest BCUT2D eigenvalue weighted by molar-refractivity contribution is 0.727. The van der Waals surface area contributed by atoms with E-state index in [1.54, 1.807) is 22.9 Å².